The van der Waals surface area contributed by atoms with Crippen molar-refractivity contribution in [2.24, 2.45) is 0 Å². The maximum atomic E-state index is 5.51. The fourth-order valence-electron chi connectivity index (χ4n) is 1.70. The number of thioether (sulfide) groups is 1. The van der Waals surface area contributed by atoms with Crippen molar-refractivity contribution in [1.82, 2.24) is 24.6 Å². The predicted octanol–water partition coefficient (Wildman–Crippen LogP) is 2.18. The summed E-state index contributed by atoms with van der Waals surface area (Å²) >= 11 is 6.72. The van der Waals surface area contributed by atoms with Gasteiger partial charge in [0.1, 0.15) is 5.03 Å². The number of nitrogens with zero attached hydrogens (tertiary/aromatic N) is 6. The number of rotatable bonds is 6. The van der Waals surface area contributed by atoms with Gasteiger partial charge in [-0.05, 0) is 39.3 Å². The Kier molecular flexibility index (Phi) is 5.54. The van der Waals surface area contributed by atoms with Crippen molar-refractivity contribution in [3.8, 4) is 0 Å². The van der Waals surface area contributed by atoms with E-state index in [2.05, 4.69) is 15.1 Å². The van der Waals surface area contributed by atoms with Crippen molar-refractivity contribution >= 4 is 29.9 Å². The van der Waals surface area contributed by atoms with Gasteiger partial charge in [0.25, 0.3) is 4.84 Å². The lowest BCUT2D eigenvalue weighted by atomic mass is 10.4. The molecule has 0 bridgehead atoms. The molecule has 2 heterocycles. The van der Waals surface area contributed by atoms with E-state index >= 15 is 0 Å². The van der Waals surface area contributed by atoms with Crippen LogP contribution in [0.4, 0.5) is 5.95 Å². The summed E-state index contributed by atoms with van der Waals surface area (Å²) in [5.74, 6) is 1.87. The summed E-state index contributed by atoms with van der Waals surface area (Å²) in [5.41, 5.74) is 0.931. The molecule has 0 atom stereocenters. The zero-order valence-electron chi connectivity index (χ0n) is 13.4. The van der Waals surface area contributed by atoms with Crippen LogP contribution in [0.15, 0.2) is 15.5 Å². The van der Waals surface area contributed by atoms with E-state index in [-0.39, 0.29) is 0 Å². The maximum absolute atomic E-state index is 5.51. The summed E-state index contributed by atoms with van der Waals surface area (Å²) in [6.07, 6.45) is 0. The van der Waals surface area contributed by atoms with Crippen LogP contribution < -0.4 is 4.90 Å². The standard InChI is InChI=1S/C13H20N6OS2/c1-9-6-11(15-12(14-9)18(4)5)22-7-10-16-19(8-17(2)3)13(21)20-10/h6H,7-8H2,1-5H3. The highest BCUT2D eigenvalue weighted by molar-refractivity contribution is 7.98. The van der Waals surface area contributed by atoms with E-state index in [0.717, 1.165) is 10.7 Å². The van der Waals surface area contributed by atoms with Crippen LogP contribution in [-0.2, 0) is 12.4 Å². The second kappa shape index (κ2) is 7.21. The quantitative estimate of drug-likeness (QED) is 0.450. The first-order valence-electron chi connectivity index (χ1n) is 6.72. The van der Waals surface area contributed by atoms with Crippen molar-refractivity contribution in [2.45, 2.75) is 24.4 Å². The third-order valence-corrected chi connectivity index (χ3v) is 3.82. The monoisotopic (exact) mass is 340 g/mol. The van der Waals surface area contributed by atoms with Gasteiger partial charge in [-0.15, -0.1) is 5.10 Å². The predicted molar refractivity (Wildman–Crippen MR) is 89.7 cm³/mol. The molecule has 0 radical (unpaired) electrons. The highest BCUT2D eigenvalue weighted by atomic mass is 32.2. The summed E-state index contributed by atoms with van der Waals surface area (Å²) < 4.78 is 7.18. The van der Waals surface area contributed by atoms with E-state index in [9.17, 15) is 0 Å². The molecule has 0 aliphatic heterocycles. The van der Waals surface area contributed by atoms with Crippen LogP contribution in [0, 0.1) is 11.8 Å². The molecule has 0 aliphatic carbocycles. The first-order chi connectivity index (χ1) is 10.3. The van der Waals surface area contributed by atoms with Gasteiger partial charge in [-0.1, -0.05) is 11.8 Å². The highest BCUT2D eigenvalue weighted by Crippen LogP contribution is 2.22. The third kappa shape index (κ3) is 4.52. The molecule has 120 valence electrons. The summed E-state index contributed by atoms with van der Waals surface area (Å²) in [6.45, 7) is 2.56. The molecule has 0 N–H and O–H groups in total. The lowest BCUT2D eigenvalue weighted by Gasteiger charge is -2.11. The van der Waals surface area contributed by atoms with Crippen LogP contribution in [0.1, 0.15) is 11.6 Å². The molecule has 9 heteroatoms. The van der Waals surface area contributed by atoms with Gasteiger partial charge >= 0.3 is 0 Å². The molecule has 2 aromatic heterocycles. The molecule has 2 rings (SSSR count). The molecule has 0 unspecified atom stereocenters. The van der Waals surface area contributed by atoms with Crippen molar-refractivity contribution in [2.75, 3.05) is 33.1 Å². The number of aromatic nitrogens is 4. The largest absolute Gasteiger partial charge is 0.413 e. The normalized spacial score (nSPS) is 11.2. The van der Waals surface area contributed by atoms with E-state index in [4.69, 9.17) is 16.6 Å². The topological polar surface area (TPSA) is 63.2 Å². The van der Waals surface area contributed by atoms with Gasteiger partial charge in [-0.3, -0.25) is 4.90 Å². The second-order valence-corrected chi connectivity index (χ2v) is 6.66. The van der Waals surface area contributed by atoms with Crippen molar-refractivity contribution in [3.63, 3.8) is 0 Å². The Labute approximate surface area is 139 Å². The van der Waals surface area contributed by atoms with Crippen molar-refractivity contribution in [3.05, 3.63) is 22.5 Å². The Bertz CT molecular complexity index is 694. The summed E-state index contributed by atoms with van der Waals surface area (Å²) in [6, 6.07) is 1.95. The molecule has 0 fully saturated rings. The smallest absolute Gasteiger partial charge is 0.288 e. The molecule has 2 aromatic rings. The zero-order chi connectivity index (χ0) is 16.3. The molecule has 0 spiro atoms. The van der Waals surface area contributed by atoms with Gasteiger partial charge in [-0.2, -0.15) is 0 Å². The third-order valence-electron chi connectivity index (χ3n) is 2.63. The highest BCUT2D eigenvalue weighted by Gasteiger charge is 2.09. The lowest BCUT2D eigenvalue weighted by Crippen LogP contribution is -2.17. The van der Waals surface area contributed by atoms with E-state index in [0.29, 0.717) is 29.1 Å². The minimum atomic E-state index is 0.386. The SMILES string of the molecule is Cc1cc(SCc2nn(CN(C)C)c(=S)o2)nc(N(C)C)n1. The Hall–Kier alpha value is -1.45. The molecule has 0 saturated heterocycles. The number of anilines is 1. The summed E-state index contributed by atoms with van der Waals surface area (Å²) in [7, 11) is 7.75. The molecular formula is C13H20N6OS2. The van der Waals surface area contributed by atoms with Crippen LogP contribution in [-0.4, -0.2) is 52.8 Å². The average molecular weight is 340 g/mol. The van der Waals surface area contributed by atoms with Crippen LogP contribution in [0.25, 0.3) is 0 Å². The molecule has 0 saturated carbocycles. The first kappa shape index (κ1) is 16.9. The summed E-state index contributed by atoms with van der Waals surface area (Å²) in [4.78, 5) is 13.1. The molecule has 0 aliphatic rings. The molecular weight excluding hydrogens is 320 g/mol. The average Bonchev–Trinajstić information content (AvgIpc) is 2.75. The Morgan fingerprint density at radius 2 is 2.00 bits per heavy atom. The van der Waals surface area contributed by atoms with Gasteiger partial charge in [0.05, 0.1) is 12.4 Å². The summed E-state index contributed by atoms with van der Waals surface area (Å²) in [5, 5.41) is 5.26. The lowest BCUT2D eigenvalue weighted by molar-refractivity contribution is 0.298. The molecule has 0 amide bonds. The first-order valence-corrected chi connectivity index (χ1v) is 8.12. The van der Waals surface area contributed by atoms with E-state index in [1.54, 1.807) is 16.4 Å². The molecule has 22 heavy (non-hydrogen) atoms. The minimum absolute atomic E-state index is 0.386. The number of aryl methyl sites for hydroxylation is 1. The zero-order valence-corrected chi connectivity index (χ0v) is 15.0. The van der Waals surface area contributed by atoms with E-state index < -0.39 is 0 Å². The maximum Gasteiger partial charge on any atom is 0.288 e. The Morgan fingerprint density at radius 3 is 2.64 bits per heavy atom. The fraction of sp³-hybridized carbons (Fsp3) is 0.538. The van der Waals surface area contributed by atoms with Crippen LogP contribution >= 0.6 is 24.0 Å². The van der Waals surface area contributed by atoms with Gasteiger partial charge in [0.2, 0.25) is 11.8 Å². The minimum Gasteiger partial charge on any atom is -0.413 e. The van der Waals surface area contributed by atoms with Crippen molar-refractivity contribution in [1.29, 1.82) is 0 Å². The Morgan fingerprint density at radius 1 is 1.27 bits per heavy atom. The molecule has 0 aromatic carbocycles. The van der Waals surface area contributed by atoms with Gasteiger partial charge in [0, 0.05) is 19.8 Å². The Balaban J connectivity index is 2.09. The van der Waals surface area contributed by atoms with Gasteiger partial charge in [-0.25, -0.2) is 14.6 Å². The number of hydrogen-bond donors (Lipinski definition) is 0. The molecule has 7 nitrogen and oxygen atoms in total. The fourth-order valence-corrected chi connectivity index (χ4v) is 2.68. The van der Waals surface area contributed by atoms with E-state index in [1.807, 2.05) is 51.0 Å². The second-order valence-electron chi connectivity index (χ2n) is 5.31. The van der Waals surface area contributed by atoms with Crippen LogP contribution in [0.2, 0.25) is 0 Å². The van der Waals surface area contributed by atoms with Crippen molar-refractivity contribution < 1.29 is 4.42 Å². The number of hydrogen-bond acceptors (Lipinski definition) is 8. The van der Waals surface area contributed by atoms with E-state index in [1.165, 1.54) is 0 Å². The van der Waals surface area contributed by atoms with Crippen LogP contribution in [0.3, 0.4) is 0 Å². The van der Waals surface area contributed by atoms with Crippen LogP contribution in [0.5, 0.6) is 0 Å². The van der Waals surface area contributed by atoms with Gasteiger partial charge < -0.3 is 9.32 Å². The van der Waals surface area contributed by atoms with Gasteiger partial charge in [0.15, 0.2) is 0 Å².